The van der Waals surface area contributed by atoms with Crippen molar-refractivity contribution in [3.8, 4) is 11.5 Å². The van der Waals surface area contributed by atoms with Gasteiger partial charge in [-0.2, -0.15) is 4.98 Å². The van der Waals surface area contributed by atoms with Crippen molar-refractivity contribution in [2.24, 2.45) is 0 Å². The summed E-state index contributed by atoms with van der Waals surface area (Å²) < 4.78 is 10.8. The van der Waals surface area contributed by atoms with E-state index in [1.807, 2.05) is 31.2 Å². The number of hydrogen-bond donors (Lipinski definition) is 2. The molecule has 1 atom stereocenters. The van der Waals surface area contributed by atoms with Crippen LogP contribution in [0.2, 0.25) is 0 Å². The van der Waals surface area contributed by atoms with Crippen LogP contribution >= 0.6 is 0 Å². The number of nitrogens with one attached hydrogen (secondary N) is 1. The molecule has 0 aliphatic heterocycles. The summed E-state index contributed by atoms with van der Waals surface area (Å²) in [6.07, 6.45) is 0. The number of ether oxygens (including phenoxy) is 1. The minimum absolute atomic E-state index is 0.173. The van der Waals surface area contributed by atoms with Crippen molar-refractivity contribution in [1.82, 2.24) is 4.98 Å². The second kappa shape index (κ2) is 5.36. The molecule has 5 heteroatoms. The number of hydrogen-bond acceptors (Lipinski definition) is 5. The number of phenols is 1. The Bertz CT molecular complexity index is 734. The Balaban J connectivity index is 1.87. The minimum Gasteiger partial charge on any atom is -0.508 e. The van der Waals surface area contributed by atoms with Gasteiger partial charge in [-0.1, -0.05) is 12.1 Å². The average molecular weight is 284 g/mol. The van der Waals surface area contributed by atoms with Gasteiger partial charge < -0.3 is 19.6 Å². The maximum atomic E-state index is 9.97. The Labute approximate surface area is 122 Å². The van der Waals surface area contributed by atoms with Crippen LogP contribution < -0.4 is 10.1 Å². The number of aromatic hydroxyl groups is 1. The minimum atomic E-state index is -0.173. The van der Waals surface area contributed by atoms with Crippen LogP contribution in [-0.2, 0) is 0 Å². The summed E-state index contributed by atoms with van der Waals surface area (Å²) in [7, 11) is 1.59. The third kappa shape index (κ3) is 2.63. The van der Waals surface area contributed by atoms with Gasteiger partial charge in [0.1, 0.15) is 17.0 Å². The number of phenolic OH excluding ortho intramolecular Hbond substituents is 1. The lowest BCUT2D eigenvalue weighted by Gasteiger charge is -2.15. The second-order valence-electron chi connectivity index (χ2n) is 4.78. The molecule has 0 amide bonds. The molecule has 0 spiro atoms. The predicted octanol–water partition coefficient (Wildman–Crippen LogP) is 3.72. The van der Waals surface area contributed by atoms with Crippen LogP contribution in [0.1, 0.15) is 18.5 Å². The molecule has 2 N–H and O–H groups in total. The summed E-state index contributed by atoms with van der Waals surface area (Å²) in [5.41, 5.74) is 2.24. The smallest absolute Gasteiger partial charge is 0.296 e. The zero-order chi connectivity index (χ0) is 14.8. The highest BCUT2D eigenvalue weighted by molar-refractivity contribution is 5.74. The van der Waals surface area contributed by atoms with Crippen molar-refractivity contribution >= 4 is 17.1 Å². The quantitative estimate of drug-likeness (QED) is 0.764. The highest BCUT2D eigenvalue weighted by atomic mass is 16.5. The van der Waals surface area contributed by atoms with Crippen molar-refractivity contribution in [1.29, 1.82) is 0 Å². The third-order valence-corrected chi connectivity index (χ3v) is 3.34. The average Bonchev–Trinajstić information content (AvgIpc) is 2.89. The first-order valence-electron chi connectivity index (χ1n) is 6.66. The van der Waals surface area contributed by atoms with E-state index < -0.39 is 0 Å². The van der Waals surface area contributed by atoms with E-state index in [4.69, 9.17) is 9.15 Å². The molecule has 0 saturated heterocycles. The number of rotatable bonds is 4. The van der Waals surface area contributed by atoms with Gasteiger partial charge in [0.25, 0.3) is 6.01 Å². The van der Waals surface area contributed by atoms with E-state index in [1.165, 1.54) is 0 Å². The van der Waals surface area contributed by atoms with Gasteiger partial charge in [0.15, 0.2) is 5.58 Å². The van der Waals surface area contributed by atoms with Crippen molar-refractivity contribution in [2.45, 2.75) is 13.0 Å². The number of nitrogens with zero attached hydrogens (tertiary/aromatic N) is 1. The molecule has 21 heavy (non-hydrogen) atoms. The third-order valence-electron chi connectivity index (χ3n) is 3.34. The highest BCUT2D eigenvalue weighted by Gasteiger charge is 2.14. The second-order valence-corrected chi connectivity index (χ2v) is 4.78. The summed E-state index contributed by atoms with van der Waals surface area (Å²) in [6, 6.07) is 12.9. The van der Waals surface area contributed by atoms with Gasteiger partial charge in [-0.15, -0.1) is 0 Å². The van der Waals surface area contributed by atoms with Crippen molar-refractivity contribution in [3.63, 3.8) is 0 Å². The van der Waals surface area contributed by atoms with Crippen LogP contribution in [0.4, 0.5) is 6.01 Å². The van der Waals surface area contributed by atoms with E-state index in [0.717, 1.165) is 16.7 Å². The summed E-state index contributed by atoms with van der Waals surface area (Å²) >= 11 is 0. The first kappa shape index (κ1) is 13.3. The molecular formula is C16H16N2O3. The maximum Gasteiger partial charge on any atom is 0.296 e. The standard InChI is InChI=1S/C16H16N2O3/c1-10(12-9-11(20-2)7-8-14(12)19)17-16-18-13-5-3-4-6-15(13)21-16/h3-10,19H,1-2H3,(H,17,18). The molecule has 108 valence electrons. The molecule has 0 bridgehead atoms. The summed E-state index contributed by atoms with van der Waals surface area (Å²) in [6.45, 7) is 1.92. The molecule has 0 aliphatic rings. The van der Waals surface area contributed by atoms with E-state index in [9.17, 15) is 5.11 Å². The van der Waals surface area contributed by atoms with Gasteiger partial charge in [-0.05, 0) is 37.3 Å². The Morgan fingerprint density at radius 2 is 2.05 bits per heavy atom. The predicted molar refractivity (Wildman–Crippen MR) is 80.7 cm³/mol. The number of anilines is 1. The number of aromatic nitrogens is 1. The van der Waals surface area contributed by atoms with E-state index in [2.05, 4.69) is 10.3 Å². The fourth-order valence-electron chi connectivity index (χ4n) is 2.20. The lowest BCUT2D eigenvalue weighted by Crippen LogP contribution is -2.07. The lowest BCUT2D eigenvalue weighted by molar-refractivity contribution is 0.410. The van der Waals surface area contributed by atoms with E-state index >= 15 is 0 Å². The normalized spacial score (nSPS) is 12.3. The molecule has 0 fully saturated rings. The topological polar surface area (TPSA) is 67.5 Å². The molecule has 0 saturated carbocycles. The molecule has 5 nitrogen and oxygen atoms in total. The van der Waals surface area contributed by atoms with Crippen molar-refractivity contribution in [3.05, 3.63) is 48.0 Å². The first-order chi connectivity index (χ1) is 10.2. The Morgan fingerprint density at radius 3 is 2.81 bits per heavy atom. The highest BCUT2D eigenvalue weighted by Crippen LogP contribution is 2.31. The van der Waals surface area contributed by atoms with Gasteiger partial charge >= 0.3 is 0 Å². The summed E-state index contributed by atoms with van der Waals surface area (Å²) in [4.78, 5) is 4.36. The molecule has 3 aromatic rings. The Morgan fingerprint density at radius 1 is 1.24 bits per heavy atom. The van der Waals surface area contributed by atoms with E-state index in [0.29, 0.717) is 11.8 Å². The van der Waals surface area contributed by atoms with Gasteiger partial charge in [0.2, 0.25) is 0 Å². The van der Waals surface area contributed by atoms with Crippen LogP contribution in [-0.4, -0.2) is 17.2 Å². The first-order valence-corrected chi connectivity index (χ1v) is 6.66. The summed E-state index contributed by atoms with van der Waals surface area (Å²) in [5, 5.41) is 13.1. The number of oxazole rings is 1. The van der Waals surface area contributed by atoms with Gasteiger partial charge in [0.05, 0.1) is 13.2 Å². The molecular weight excluding hydrogens is 268 g/mol. The van der Waals surface area contributed by atoms with Crippen LogP contribution in [0.5, 0.6) is 11.5 Å². The molecule has 0 aliphatic carbocycles. The number of methoxy groups -OCH3 is 1. The molecule has 0 radical (unpaired) electrons. The molecule has 3 rings (SSSR count). The molecule has 2 aromatic carbocycles. The van der Waals surface area contributed by atoms with E-state index in [1.54, 1.807) is 25.3 Å². The lowest BCUT2D eigenvalue weighted by atomic mass is 10.1. The zero-order valence-corrected chi connectivity index (χ0v) is 11.8. The number of fused-ring (bicyclic) bond motifs is 1. The monoisotopic (exact) mass is 284 g/mol. The molecule has 1 unspecified atom stereocenters. The molecule has 1 heterocycles. The van der Waals surface area contributed by atoms with Gasteiger partial charge in [0, 0.05) is 5.56 Å². The Kier molecular flexibility index (Phi) is 3.39. The van der Waals surface area contributed by atoms with E-state index in [-0.39, 0.29) is 11.8 Å². The maximum absolute atomic E-state index is 9.97. The summed E-state index contributed by atoms with van der Waals surface area (Å²) in [5.74, 6) is 0.890. The largest absolute Gasteiger partial charge is 0.508 e. The van der Waals surface area contributed by atoms with Crippen molar-refractivity contribution in [2.75, 3.05) is 12.4 Å². The molecule has 1 aromatic heterocycles. The van der Waals surface area contributed by atoms with Crippen molar-refractivity contribution < 1.29 is 14.3 Å². The fraction of sp³-hybridized carbons (Fsp3) is 0.188. The van der Waals surface area contributed by atoms with Crippen LogP contribution in [0.25, 0.3) is 11.1 Å². The number of para-hydroxylation sites is 2. The Hall–Kier alpha value is -2.69. The fourth-order valence-corrected chi connectivity index (χ4v) is 2.20. The van der Waals surface area contributed by atoms with Crippen LogP contribution in [0, 0.1) is 0 Å². The van der Waals surface area contributed by atoms with Gasteiger partial charge in [-0.25, -0.2) is 0 Å². The number of benzene rings is 2. The van der Waals surface area contributed by atoms with Crippen LogP contribution in [0.15, 0.2) is 46.9 Å². The van der Waals surface area contributed by atoms with Gasteiger partial charge in [-0.3, -0.25) is 0 Å². The van der Waals surface area contributed by atoms with Crippen LogP contribution in [0.3, 0.4) is 0 Å². The zero-order valence-electron chi connectivity index (χ0n) is 11.8. The SMILES string of the molecule is COc1ccc(O)c(C(C)Nc2nc3ccccc3o2)c1.